The van der Waals surface area contributed by atoms with Crippen LogP contribution >= 0.6 is 0 Å². The number of hydrogen-bond donors (Lipinski definition) is 1. The number of amides is 1. The Morgan fingerprint density at radius 3 is 2.31 bits per heavy atom. The van der Waals surface area contributed by atoms with Gasteiger partial charge in [0.05, 0.1) is 6.61 Å². The summed E-state index contributed by atoms with van der Waals surface area (Å²) in [6.07, 6.45) is -0.768. The van der Waals surface area contributed by atoms with E-state index in [1.165, 1.54) is 0 Å². The van der Waals surface area contributed by atoms with Crippen molar-refractivity contribution in [2.24, 2.45) is 5.92 Å². The standard InChI is InChI=1S/C24H27N3O5/c1-5-30-19-13-11-17(12-14-19)21(28)25-20(15(2)3)24(29)31-16(4)22-26-27-23(32-22)18-9-7-6-8-10-18/h6-16,20H,5H2,1-4H3,(H,25,28)/t16?,20-/m0/s1. The van der Waals surface area contributed by atoms with Crippen molar-refractivity contribution in [1.82, 2.24) is 15.5 Å². The molecule has 1 N–H and O–H groups in total. The van der Waals surface area contributed by atoms with E-state index < -0.39 is 18.1 Å². The van der Waals surface area contributed by atoms with E-state index in [-0.39, 0.29) is 17.7 Å². The predicted molar refractivity (Wildman–Crippen MR) is 118 cm³/mol. The number of carbonyl (C=O) groups excluding carboxylic acids is 2. The van der Waals surface area contributed by atoms with Gasteiger partial charge in [-0.2, -0.15) is 0 Å². The van der Waals surface area contributed by atoms with E-state index in [1.807, 2.05) is 51.1 Å². The normalized spacial score (nSPS) is 12.8. The number of nitrogens with one attached hydrogen (secondary N) is 1. The minimum absolute atomic E-state index is 0.178. The second kappa shape index (κ2) is 10.6. The average Bonchev–Trinajstić information content (AvgIpc) is 3.29. The zero-order chi connectivity index (χ0) is 23.1. The van der Waals surface area contributed by atoms with Crippen LogP contribution in [0.25, 0.3) is 11.5 Å². The Bertz CT molecular complexity index is 1030. The summed E-state index contributed by atoms with van der Waals surface area (Å²) in [6.45, 7) is 7.73. The third kappa shape index (κ3) is 5.72. The van der Waals surface area contributed by atoms with Gasteiger partial charge in [0.25, 0.3) is 11.8 Å². The lowest BCUT2D eigenvalue weighted by atomic mass is 10.0. The maximum atomic E-state index is 12.8. The van der Waals surface area contributed by atoms with Crippen molar-refractivity contribution in [3.8, 4) is 17.2 Å². The van der Waals surface area contributed by atoms with Crippen molar-refractivity contribution in [3.05, 3.63) is 66.1 Å². The van der Waals surface area contributed by atoms with Gasteiger partial charge in [0.2, 0.25) is 5.89 Å². The average molecular weight is 437 g/mol. The quantitative estimate of drug-likeness (QED) is 0.501. The zero-order valence-electron chi connectivity index (χ0n) is 18.6. The fourth-order valence-electron chi connectivity index (χ4n) is 2.99. The van der Waals surface area contributed by atoms with Crippen LogP contribution in [0.5, 0.6) is 5.75 Å². The monoisotopic (exact) mass is 437 g/mol. The van der Waals surface area contributed by atoms with Crippen LogP contribution in [0.3, 0.4) is 0 Å². The van der Waals surface area contributed by atoms with E-state index in [4.69, 9.17) is 13.9 Å². The lowest BCUT2D eigenvalue weighted by molar-refractivity contribution is -0.153. The van der Waals surface area contributed by atoms with Crippen LogP contribution in [0.2, 0.25) is 0 Å². The van der Waals surface area contributed by atoms with Crippen LogP contribution in [0, 0.1) is 5.92 Å². The molecular weight excluding hydrogens is 410 g/mol. The topological polar surface area (TPSA) is 104 Å². The third-order valence-corrected chi connectivity index (χ3v) is 4.74. The van der Waals surface area contributed by atoms with Crippen LogP contribution < -0.4 is 10.1 Å². The molecule has 168 valence electrons. The van der Waals surface area contributed by atoms with Crippen LogP contribution in [0.15, 0.2) is 59.0 Å². The molecule has 0 saturated carbocycles. The zero-order valence-corrected chi connectivity index (χ0v) is 18.6. The number of hydrogen-bond acceptors (Lipinski definition) is 7. The van der Waals surface area contributed by atoms with E-state index in [2.05, 4.69) is 15.5 Å². The van der Waals surface area contributed by atoms with Crippen molar-refractivity contribution < 1.29 is 23.5 Å². The maximum Gasteiger partial charge on any atom is 0.329 e. The molecule has 8 nitrogen and oxygen atoms in total. The smallest absolute Gasteiger partial charge is 0.329 e. The van der Waals surface area contributed by atoms with E-state index in [9.17, 15) is 9.59 Å². The van der Waals surface area contributed by atoms with Crippen molar-refractivity contribution >= 4 is 11.9 Å². The van der Waals surface area contributed by atoms with Crippen LogP contribution in [-0.4, -0.2) is 34.7 Å². The number of ether oxygens (including phenoxy) is 2. The van der Waals surface area contributed by atoms with Gasteiger partial charge in [-0.3, -0.25) is 4.79 Å². The Labute approximate surface area is 186 Å². The summed E-state index contributed by atoms with van der Waals surface area (Å²) in [5.74, 6) is 0.0491. The highest BCUT2D eigenvalue weighted by Crippen LogP contribution is 2.23. The number of aromatic nitrogens is 2. The van der Waals surface area contributed by atoms with Gasteiger partial charge >= 0.3 is 5.97 Å². The molecule has 2 aromatic carbocycles. The van der Waals surface area contributed by atoms with Gasteiger partial charge in [-0.25, -0.2) is 4.79 Å². The van der Waals surface area contributed by atoms with Crippen molar-refractivity contribution in [2.75, 3.05) is 6.61 Å². The first-order valence-corrected chi connectivity index (χ1v) is 10.5. The summed E-state index contributed by atoms with van der Waals surface area (Å²) in [5.41, 5.74) is 1.19. The molecule has 0 spiro atoms. The predicted octanol–water partition coefficient (Wildman–Crippen LogP) is 4.19. The summed E-state index contributed by atoms with van der Waals surface area (Å²) in [4.78, 5) is 25.5. The first kappa shape index (κ1) is 23.0. The Morgan fingerprint density at radius 2 is 1.69 bits per heavy atom. The molecule has 0 aliphatic carbocycles. The molecule has 0 bridgehead atoms. The number of rotatable bonds is 9. The van der Waals surface area contributed by atoms with Gasteiger partial charge in [-0.05, 0) is 56.2 Å². The molecule has 32 heavy (non-hydrogen) atoms. The Hall–Kier alpha value is -3.68. The van der Waals surface area contributed by atoms with E-state index in [0.717, 1.165) is 5.56 Å². The molecular formula is C24H27N3O5. The van der Waals surface area contributed by atoms with E-state index >= 15 is 0 Å². The van der Waals surface area contributed by atoms with Crippen molar-refractivity contribution in [1.29, 1.82) is 0 Å². The third-order valence-electron chi connectivity index (χ3n) is 4.74. The first-order chi connectivity index (χ1) is 15.4. The largest absolute Gasteiger partial charge is 0.494 e. The number of esters is 1. The molecule has 0 aliphatic heterocycles. The van der Waals surface area contributed by atoms with Gasteiger partial charge < -0.3 is 19.2 Å². The molecule has 1 amide bonds. The summed E-state index contributed by atoms with van der Waals surface area (Å²) < 4.78 is 16.6. The van der Waals surface area contributed by atoms with Crippen LogP contribution in [0.1, 0.15) is 50.0 Å². The minimum Gasteiger partial charge on any atom is -0.494 e. The van der Waals surface area contributed by atoms with Gasteiger partial charge in [0, 0.05) is 11.1 Å². The van der Waals surface area contributed by atoms with Gasteiger partial charge in [0.1, 0.15) is 11.8 Å². The van der Waals surface area contributed by atoms with Crippen LogP contribution in [-0.2, 0) is 9.53 Å². The lowest BCUT2D eigenvalue weighted by Gasteiger charge is -2.22. The highest BCUT2D eigenvalue weighted by Gasteiger charge is 2.29. The highest BCUT2D eigenvalue weighted by atomic mass is 16.6. The number of nitrogens with zero attached hydrogens (tertiary/aromatic N) is 2. The van der Waals surface area contributed by atoms with E-state index in [0.29, 0.717) is 23.8 Å². The van der Waals surface area contributed by atoms with Gasteiger partial charge in [0.15, 0.2) is 6.10 Å². The molecule has 0 radical (unpaired) electrons. The molecule has 0 saturated heterocycles. The SMILES string of the molecule is CCOc1ccc(C(=O)N[C@H](C(=O)OC(C)c2nnc(-c3ccccc3)o2)C(C)C)cc1. The van der Waals surface area contributed by atoms with E-state index in [1.54, 1.807) is 31.2 Å². The molecule has 0 aliphatic rings. The summed E-state index contributed by atoms with van der Waals surface area (Å²) in [6, 6.07) is 15.2. The molecule has 0 fully saturated rings. The summed E-state index contributed by atoms with van der Waals surface area (Å²) in [5, 5.41) is 10.8. The Kier molecular flexibility index (Phi) is 7.59. The number of carbonyl (C=O) groups is 2. The molecule has 3 aromatic rings. The summed E-state index contributed by atoms with van der Waals surface area (Å²) in [7, 11) is 0. The Balaban J connectivity index is 1.64. The second-order valence-electron chi connectivity index (χ2n) is 7.54. The summed E-state index contributed by atoms with van der Waals surface area (Å²) >= 11 is 0. The molecule has 1 aromatic heterocycles. The van der Waals surface area contributed by atoms with Gasteiger partial charge in [-0.15, -0.1) is 10.2 Å². The fraction of sp³-hybridized carbons (Fsp3) is 0.333. The van der Waals surface area contributed by atoms with Crippen molar-refractivity contribution in [2.45, 2.75) is 39.8 Å². The lowest BCUT2D eigenvalue weighted by Crippen LogP contribution is -2.45. The maximum absolute atomic E-state index is 12.8. The van der Waals surface area contributed by atoms with Gasteiger partial charge in [-0.1, -0.05) is 32.0 Å². The molecule has 8 heteroatoms. The number of benzene rings is 2. The van der Waals surface area contributed by atoms with Crippen LogP contribution in [0.4, 0.5) is 0 Å². The second-order valence-corrected chi connectivity index (χ2v) is 7.54. The minimum atomic E-state index is -0.840. The molecule has 1 unspecified atom stereocenters. The first-order valence-electron chi connectivity index (χ1n) is 10.5. The highest BCUT2D eigenvalue weighted by molar-refractivity contribution is 5.97. The van der Waals surface area contributed by atoms with Crippen molar-refractivity contribution in [3.63, 3.8) is 0 Å². The molecule has 2 atom stereocenters. The molecule has 3 rings (SSSR count). The molecule has 1 heterocycles. The Morgan fingerprint density at radius 1 is 1.00 bits per heavy atom. The fourth-order valence-corrected chi connectivity index (χ4v) is 2.99.